The number of hydrogen-bond acceptors (Lipinski definition) is 6. The topological polar surface area (TPSA) is 185 Å². The Kier molecular flexibility index (Phi) is 11.8. The summed E-state index contributed by atoms with van der Waals surface area (Å²) < 4.78 is 5.81. The molecule has 6 N–H and O–H groups in total. The van der Waals surface area contributed by atoms with Crippen LogP contribution in [0.25, 0.3) is 50.9 Å². The number of nitro benzene ring substituents is 1. The number of aliphatic carboxylic acids is 2. The third kappa shape index (κ3) is 8.50. The minimum atomic E-state index is -1.14. The highest BCUT2D eigenvalue weighted by molar-refractivity contribution is 5.95. The Balaban J connectivity index is 0.000000177. The maximum atomic E-state index is 11.3. The van der Waals surface area contributed by atoms with Crippen molar-refractivity contribution in [2.24, 2.45) is 32.6 Å². The lowest BCUT2D eigenvalue weighted by atomic mass is 10.0. The molecule has 0 bridgehead atoms. The van der Waals surface area contributed by atoms with Gasteiger partial charge in [-0.1, -0.05) is 62.2 Å². The van der Waals surface area contributed by atoms with E-state index in [0.717, 1.165) is 22.0 Å². The van der Waals surface area contributed by atoms with E-state index in [1.165, 1.54) is 28.6 Å². The number of rotatable bonds is 10. The molecule has 0 amide bonds. The van der Waals surface area contributed by atoms with Gasteiger partial charge in [0.1, 0.15) is 12.1 Å². The van der Waals surface area contributed by atoms with Crippen molar-refractivity contribution in [3.63, 3.8) is 0 Å². The van der Waals surface area contributed by atoms with Gasteiger partial charge >= 0.3 is 11.9 Å². The van der Waals surface area contributed by atoms with Crippen LogP contribution in [0.2, 0.25) is 0 Å². The molecule has 0 aliphatic carbocycles. The van der Waals surface area contributed by atoms with Gasteiger partial charge < -0.3 is 35.4 Å². The van der Waals surface area contributed by atoms with Gasteiger partial charge in [0.05, 0.1) is 15.8 Å². The lowest BCUT2D eigenvalue weighted by Gasteiger charge is -2.05. The molecule has 2 unspecified atom stereocenters. The minimum absolute atomic E-state index is 0.0287. The summed E-state index contributed by atoms with van der Waals surface area (Å²) in [5, 5.41) is 31.8. The van der Waals surface area contributed by atoms with Crippen molar-refractivity contribution < 1.29 is 24.7 Å². The molecular formula is C39H42N6O6. The standard InChI is InChI=1S/C14H15N3O4.C14H16N2O2.C11H11N/c1-3-8-4-11-13(12(5-8)17(20)21)9(7-16(11)2)6-10(15)14(18)19;1-3-9-4-5-11-10(7-12(15)14(17)18)8-16(2)13(11)6-9;1-3-9-4-5-10-6-7-12(2)11(10)8-9/h3-5,7,10H,1,6,15H2,2H3,(H,18,19);3-6,8,12H,1,7,15H2,2H3,(H,17,18);3-8H,1H2,2H3. The van der Waals surface area contributed by atoms with E-state index in [1.807, 2.05) is 42.1 Å². The molecule has 0 saturated heterocycles. The fourth-order valence-electron chi connectivity index (χ4n) is 5.85. The molecule has 0 aliphatic heterocycles. The van der Waals surface area contributed by atoms with Crippen LogP contribution in [-0.2, 0) is 43.6 Å². The third-order valence-corrected chi connectivity index (χ3v) is 8.60. The highest BCUT2D eigenvalue weighted by Gasteiger charge is 2.23. The number of aryl methyl sites for hydroxylation is 3. The monoisotopic (exact) mass is 690 g/mol. The summed E-state index contributed by atoms with van der Waals surface area (Å²) in [5.41, 5.74) is 18.3. The van der Waals surface area contributed by atoms with Gasteiger partial charge in [-0.15, -0.1) is 0 Å². The average molecular weight is 691 g/mol. The molecule has 6 rings (SSSR count). The Morgan fingerprint density at radius 3 is 1.82 bits per heavy atom. The molecule has 12 nitrogen and oxygen atoms in total. The zero-order valence-electron chi connectivity index (χ0n) is 28.8. The van der Waals surface area contributed by atoms with Gasteiger partial charge in [-0.05, 0) is 57.5 Å². The predicted molar refractivity (Wildman–Crippen MR) is 204 cm³/mol. The molecule has 0 spiro atoms. The van der Waals surface area contributed by atoms with E-state index in [1.54, 1.807) is 30.0 Å². The number of carboxylic acids is 2. The number of hydrogen-bond donors (Lipinski definition) is 4. The zero-order valence-corrected chi connectivity index (χ0v) is 28.8. The fourth-order valence-corrected chi connectivity index (χ4v) is 5.85. The number of nitro groups is 1. The Labute approximate surface area is 295 Å². The molecule has 3 aromatic carbocycles. The van der Waals surface area contributed by atoms with Crippen LogP contribution in [0.15, 0.2) is 92.9 Å². The van der Waals surface area contributed by atoms with Gasteiger partial charge in [-0.25, -0.2) is 0 Å². The van der Waals surface area contributed by atoms with Gasteiger partial charge in [0.15, 0.2) is 0 Å². The minimum Gasteiger partial charge on any atom is -0.480 e. The largest absolute Gasteiger partial charge is 0.480 e. The van der Waals surface area contributed by atoms with Crippen molar-refractivity contribution in [3.8, 4) is 0 Å². The quantitative estimate of drug-likeness (QED) is 0.0956. The van der Waals surface area contributed by atoms with Crippen molar-refractivity contribution in [1.82, 2.24) is 13.7 Å². The van der Waals surface area contributed by atoms with E-state index >= 15 is 0 Å². The number of fused-ring (bicyclic) bond motifs is 3. The highest BCUT2D eigenvalue weighted by Crippen LogP contribution is 2.33. The maximum Gasteiger partial charge on any atom is 0.320 e. The molecule has 0 saturated carbocycles. The van der Waals surface area contributed by atoms with Crippen LogP contribution < -0.4 is 11.5 Å². The summed E-state index contributed by atoms with van der Waals surface area (Å²) in [7, 11) is 5.73. The molecule has 3 heterocycles. The number of carbonyl (C=O) groups is 2. The molecule has 51 heavy (non-hydrogen) atoms. The van der Waals surface area contributed by atoms with E-state index in [9.17, 15) is 19.7 Å². The van der Waals surface area contributed by atoms with Crippen molar-refractivity contribution >= 4 is 68.6 Å². The van der Waals surface area contributed by atoms with Gasteiger partial charge in [0.2, 0.25) is 0 Å². The molecule has 0 aliphatic rings. The van der Waals surface area contributed by atoms with Crippen molar-refractivity contribution in [2.45, 2.75) is 24.9 Å². The Bertz CT molecular complexity index is 2290. The average Bonchev–Trinajstić information content (AvgIpc) is 3.75. The molecule has 6 aromatic rings. The molecule has 3 aromatic heterocycles. The second-order valence-corrected chi connectivity index (χ2v) is 12.2. The van der Waals surface area contributed by atoms with E-state index in [4.69, 9.17) is 21.7 Å². The summed E-state index contributed by atoms with van der Waals surface area (Å²) in [5.74, 6) is -2.12. The highest BCUT2D eigenvalue weighted by atomic mass is 16.6. The van der Waals surface area contributed by atoms with E-state index in [-0.39, 0.29) is 12.1 Å². The van der Waals surface area contributed by atoms with E-state index in [2.05, 4.69) is 61.8 Å². The third-order valence-electron chi connectivity index (χ3n) is 8.60. The first kappa shape index (κ1) is 37.6. The smallest absolute Gasteiger partial charge is 0.320 e. The van der Waals surface area contributed by atoms with Gasteiger partial charge in [0.25, 0.3) is 5.69 Å². The van der Waals surface area contributed by atoms with E-state index in [0.29, 0.717) is 28.5 Å². The fraction of sp³-hybridized carbons (Fsp3) is 0.179. The first-order valence-electron chi connectivity index (χ1n) is 15.9. The summed E-state index contributed by atoms with van der Waals surface area (Å²) in [6.45, 7) is 11.1. The number of nitrogens with two attached hydrogens (primary N) is 2. The first-order valence-corrected chi connectivity index (χ1v) is 15.9. The van der Waals surface area contributed by atoms with Crippen molar-refractivity contribution in [1.29, 1.82) is 0 Å². The van der Waals surface area contributed by atoms with Crippen LogP contribution in [0, 0.1) is 10.1 Å². The summed E-state index contributed by atoms with van der Waals surface area (Å²) in [6, 6.07) is 15.6. The SMILES string of the molecule is C=Cc1cc([N+](=O)[O-])c2c(CC(N)C(=O)O)cn(C)c2c1.C=Cc1ccc2c(CC(N)C(=O)O)cn(C)c2c1.C=Cc1ccc2ccn(C)c2c1. The van der Waals surface area contributed by atoms with Crippen LogP contribution in [0.5, 0.6) is 0 Å². The first-order chi connectivity index (χ1) is 24.2. The Hall–Kier alpha value is -6.24. The number of nitrogens with zero attached hydrogens (tertiary/aromatic N) is 4. The predicted octanol–water partition coefficient (Wildman–Crippen LogP) is 6.28. The van der Waals surface area contributed by atoms with Crippen LogP contribution in [0.4, 0.5) is 5.69 Å². The number of aromatic nitrogens is 3. The maximum absolute atomic E-state index is 11.3. The Morgan fingerprint density at radius 2 is 1.25 bits per heavy atom. The van der Waals surface area contributed by atoms with E-state index < -0.39 is 28.9 Å². The lowest BCUT2D eigenvalue weighted by molar-refractivity contribution is -0.383. The second-order valence-electron chi connectivity index (χ2n) is 12.2. The molecule has 0 radical (unpaired) electrons. The lowest BCUT2D eigenvalue weighted by Crippen LogP contribution is -2.32. The second kappa shape index (κ2) is 16.0. The van der Waals surface area contributed by atoms with Crippen LogP contribution in [0.3, 0.4) is 0 Å². The van der Waals surface area contributed by atoms with Gasteiger partial charge in [-0.2, -0.15) is 0 Å². The molecular weight excluding hydrogens is 648 g/mol. The molecule has 2 atom stereocenters. The van der Waals surface area contributed by atoms with Crippen LogP contribution >= 0.6 is 0 Å². The zero-order chi connectivity index (χ0) is 37.6. The number of carboxylic acid groups (broad SMARTS) is 2. The number of benzene rings is 3. The normalized spacial score (nSPS) is 11.9. The van der Waals surface area contributed by atoms with Gasteiger partial charge in [0, 0.05) is 75.1 Å². The molecule has 264 valence electrons. The molecule has 0 fully saturated rings. The number of non-ortho nitro benzene ring substituents is 1. The van der Waals surface area contributed by atoms with Crippen LogP contribution in [0.1, 0.15) is 27.8 Å². The van der Waals surface area contributed by atoms with Crippen molar-refractivity contribution in [2.75, 3.05) is 0 Å². The molecule has 12 heteroatoms. The van der Waals surface area contributed by atoms with Crippen molar-refractivity contribution in [3.05, 3.63) is 131 Å². The summed E-state index contributed by atoms with van der Waals surface area (Å²) >= 11 is 0. The van der Waals surface area contributed by atoms with Crippen LogP contribution in [-0.4, -0.2) is 52.9 Å². The summed E-state index contributed by atoms with van der Waals surface area (Å²) in [6.07, 6.45) is 11.2. The summed E-state index contributed by atoms with van der Waals surface area (Å²) in [4.78, 5) is 32.5. The van der Waals surface area contributed by atoms with Gasteiger partial charge in [-0.3, -0.25) is 19.7 Å². The Morgan fingerprint density at radius 1 is 0.745 bits per heavy atom.